The fourth-order valence-electron chi connectivity index (χ4n) is 2.68. The Morgan fingerprint density at radius 3 is 2.50 bits per heavy atom. The lowest BCUT2D eigenvalue weighted by molar-refractivity contribution is 0.0146. The smallest absolute Gasteiger partial charge is 0.0643 e. The molecule has 0 spiro atoms. The molecule has 1 heterocycles. The van der Waals surface area contributed by atoms with Crippen molar-refractivity contribution in [2.75, 3.05) is 12.5 Å². The molecule has 0 amide bonds. The maximum atomic E-state index is 6.06. The quantitative estimate of drug-likeness (QED) is 0.606. The first-order valence-corrected chi connectivity index (χ1v) is 5.58. The molecular formula is C10H17ClO. The average Bonchev–Trinajstić information content (AvgIpc) is 2.76. The molecule has 0 bridgehead atoms. The van der Waals surface area contributed by atoms with Crippen LogP contribution < -0.4 is 0 Å². The van der Waals surface area contributed by atoms with E-state index in [1.54, 1.807) is 0 Å². The van der Waals surface area contributed by atoms with Gasteiger partial charge in [-0.15, -0.1) is 11.6 Å². The van der Waals surface area contributed by atoms with Gasteiger partial charge in [0.25, 0.3) is 0 Å². The molecule has 1 aliphatic heterocycles. The Kier molecular flexibility index (Phi) is 2.61. The number of ether oxygens (including phenoxy) is 1. The summed E-state index contributed by atoms with van der Waals surface area (Å²) in [6.45, 7) is 0.962. The third-order valence-corrected chi connectivity index (χ3v) is 4.01. The van der Waals surface area contributed by atoms with Gasteiger partial charge in [-0.25, -0.2) is 0 Å². The third-order valence-electron chi connectivity index (χ3n) is 3.48. The van der Waals surface area contributed by atoms with Crippen LogP contribution in [-0.2, 0) is 4.74 Å². The van der Waals surface area contributed by atoms with Crippen molar-refractivity contribution in [1.82, 2.24) is 0 Å². The van der Waals surface area contributed by atoms with Gasteiger partial charge >= 0.3 is 0 Å². The summed E-state index contributed by atoms with van der Waals surface area (Å²) < 4.78 is 5.75. The molecule has 2 fully saturated rings. The van der Waals surface area contributed by atoms with E-state index in [2.05, 4.69) is 0 Å². The van der Waals surface area contributed by atoms with Gasteiger partial charge in [-0.05, 0) is 25.7 Å². The standard InChI is InChI=1S/C10H17ClO/c11-8-10(5-1-2-6-10)9-4-3-7-12-9/h9H,1-8H2. The molecule has 70 valence electrons. The van der Waals surface area contributed by atoms with Gasteiger partial charge in [-0.3, -0.25) is 0 Å². The van der Waals surface area contributed by atoms with Crippen LogP contribution >= 0.6 is 11.6 Å². The molecule has 0 aromatic heterocycles. The molecule has 2 heteroatoms. The normalized spacial score (nSPS) is 34.2. The molecule has 0 aromatic rings. The highest BCUT2D eigenvalue weighted by molar-refractivity contribution is 6.18. The van der Waals surface area contributed by atoms with Crippen LogP contribution in [0.1, 0.15) is 38.5 Å². The SMILES string of the molecule is ClCC1(C2CCCO2)CCCC1. The zero-order valence-electron chi connectivity index (χ0n) is 7.52. The molecule has 2 rings (SSSR count). The summed E-state index contributed by atoms with van der Waals surface area (Å²) in [6.07, 6.45) is 8.26. The lowest BCUT2D eigenvalue weighted by Crippen LogP contribution is -2.33. The second kappa shape index (κ2) is 3.55. The van der Waals surface area contributed by atoms with Crippen LogP contribution in [0.15, 0.2) is 0 Å². The van der Waals surface area contributed by atoms with Crippen LogP contribution in [0.5, 0.6) is 0 Å². The van der Waals surface area contributed by atoms with Gasteiger partial charge in [-0.2, -0.15) is 0 Å². The van der Waals surface area contributed by atoms with E-state index in [9.17, 15) is 0 Å². The maximum Gasteiger partial charge on any atom is 0.0643 e. The number of hydrogen-bond donors (Lipinski definition) is 0. The van der Waals surface area contributed by atoms with Gasteiger partial charge < -0.3 is 4.74 Å². The second-order valence-electron chi connectivity index (χ2n) is 4.20. The lowest BCUT2D eigenvalue weighted by atomic mass is 9.81. The van der Waals surface area contributed by atoms with E-state index in [-0.39, 0.29) is 0 Å². The first-order valence-electron chi connectivity index (χ1n) is 5.05. The highest BCUT2D eigenvalue weighted by Crippen LogP contribution is 2.46. The largest absolute Gasteiger partial charge is 0.378 e. The number of halogens is 1. The third kappa shape index (κ3) is 1.38. The van der Waals surface area contributed by atoms with Crippen LogP contribution in [0.4, 0.5) is 0 Å². The predicted molar refractivity (Wildman–Crippen MR) is 50.6 cm³/mol. The Labute approximate surface area is 79.4 Å². The molecular weight excluding hydrogens is 172 g/mol. The summed E-state index contributed by atoms with van der Waals surface area (Å²) >= 11 is 6.06. The monoisotopic (exact) mass is 188 g/mol. The van der Waals surface area contributed by atoms with Gasteiger partial charge in [0, 0.05) is 17.9 Å². The zero-order valence-corrected chi connectivity index (χ0v) is 8.28. The zero-order chi connectivity index (χ0) is 8.44. The summed E-state index contributed by atoms with van der Waals surface area (Å²) in [7, 11) is 0. The fraction of sp³-hybridized carbons (Fsp3) is 1.00. The highest BCUT2D eigenvalue weighted by Gasteiger charge is 2.42. The minimum atomic E-state index is 0.359. The van der Waals surface area contributed by atoms with Gasteiger partial charge in [0.15, 0.2) is 0 Å². The maximum absolute atomic E-state index is 6.06. The minimum Gasteiger partial charge on any atom is -0.378 e. The van der Waals surface area contributed by atoms with Crippen LogP contribution in [-0.4, -0.2) is 18.6 Å². The van der Waals surface area contributed by atoms with E-state index >= 15 is 0 Å². The first kappa shape index (κ1) is 8.83. The molecule has 0 aromatic carbocycles. The van der Waals surface area contributed by atoms with Gasteiger partial charge in [0.1, 0.15) is 0 Å². The summed E-state index contributed by atoms with van der Waals surface area (Å²) in [5, 5.41) is 0. The Morgan fingerprint density at radius 2 is 2.00 bits per heavy atom. The Balaban J connectivity index is 2.04. The van der Waals surface area contributed by atoms with Crippen molar-refractivity contribution in [2.45, 2.75) is 44.6 Å². The molecule has 1 nitrogen and oxygen atoms in total. The number of rotatable bonds is 2. The molecule has 1 saturated heterocycles. The summed E-state index contributed by atoms with van der Waals surface area (Å²) in [6, 6.07) is 0. The van der Waals surface area contributed by atoms with Crippen LogP contribution in [0.25, 0.3) is 0 Å². The molecule has 0 radical (unpaired) electrons. The van der Waals surface area contributed by atoms with Crippen molar-refractivity contribution >= 4 is 11.6 Å². The van der Waals surface area contributed by atoms with Crippen LogP contribution in [0.2, 0.25) is 0 Å². The molecule has 1 atom stereocenters. The van der Waals surface area contributed by atoms with Crippen molar-refractivity contribution in [2.24, 2.45) is 5.41 Å². The van der Waals surface area contributed by atoms with E-state index in [4.69, 9.17) is 16.3 Å². The Hall–Kier alpha value is 0.250. The number of hydrogen-bond acceptors (Lipinski definition) is 1. The average molecular weight is 189 g/mol. The molecule has 12 heavy (non-hydrogen) atoms. The van der Waals surface area contributed by atoms with Crippen molar-refractivity contribution in [3.05, 3.63) is 0 Å². The highest BCUT2D eigenvalue weighted by atomic mass is 35.5. The Bertz CT molecular complexity index is 146. The van der Waals surface area contributed by atoms with E-state index in [0.717, 1.165) is 12.5 Å². The molecule has 1 unspecified atom stereocenters. The van der Waals surface area contributed by atoms with Gasteiger partial charge in [-0.1, -0.05) is 12.8 Å². The van der Waals surface area contributed by atoms with Crippen molar-refractivity contribution in [3.8, 4) is 0 Å². The predicted octanol–water partition coefficient (Wildman–Crippen LogP) is 2.96. The Morgan fingerprint density at radius 1 is 1.25 bits per heavy atom. The lowest BCUT2D eigenvalue weighted by Gasteiger charge is -2.32. The molecule has 1 saturated carbocycles. The fourth-order valence-corrected chi connectivity index (χ4v) is 3.12. The van der Waals surface area contributed by atoms with Crippen LogP contribution in [0.3, 0.4) is 0 Å². The summed E-state index contributed by atoms with van der Waals surface area (Å²) in [5.41, 5.74) is 0.359. The van der Waals surface area contributed by atoms with Crippen molar-refractivity contribution in [1.29, 1.82) is 0 Å². The topological polar surface area (TPSA) is 9.23 Å². The van der Waals surface area contributed by atoms with Gasteiger partial charge in [0.05, 0.1) is 6.10 Å². The van der Waals surface area contributed by atoms with Gasteiger partial charge in [0.2, 0.25) is 0 Å². The molecule has 2 aliphatic rings. The van der Waals surface area contributed by atoms with E-state index in [1.165, 1.54) is 38.5 Å². The van der Waals surface area contributed by atoms with E-state index in [0.29, 0.717) is 11.5 Å². The van der Waals surface area contributed by atoms with E-state index < -0.39 is 0 Å². The number of alkyl halides is 1. The molecule has 0 N–H and O–H groups in total. The van der Waals surface area contributed by atoms with E-state index in [1.807, 2.05) is 0 Å². The second-order valence-corrected chi connectivity index (χ2v) is 4.47. The van der Waals surface area contributed by atoms with Crippen molar-refractivity contribution in [3.63, 3.8) is 0 Å². The minimum absolute atomic E-state index is 0.359. The summed E-state index contributed by atoms with van der Waals surface area (Å²) in [5.74, 6) is 0.803. The van der Waals surface area contributed by atoms with Crippen molar-refractivity contribution < 1.29 is 4.74 Å². The van der Waals surface area contributed by atoms with Crippen LogP contribution in [0, 0.1) is 5.41 Å². The molecule has 1 aliphatic carbocycles. The first-order chi connectivity index (χ1) is 5.87. The summed E-state index contributed by atoms with van der Waals surface area (Å²) in [4.78, 5) is 0.